The zero-order valence-electron chi connectivity index (χ0n) is 13.2. The van der Waals surface area contributed by atoms with E-state index in [2.05, 4.69) is 19.6 Å². The average molecular weight is 288 g/mol. The third-order valence-corrected chi connectivity index (χ3v) is 4.51. The van der Waals surface area contributed by atoms with Crippen LogP contribution < -0.4 is 0 Å². The van der Waals surface area contributed by atoms with Crippen LogP contribution in [-0.4, -0.2) is 33.2 Å². The third-order valence-electron chi connectivity index (χ3n) is 2.84. The number of hydrogen-bond donors (Lipinski definition) is 0. The minimum absolute atomic E-state index is 0.287. The van der Waals surface area contributed by atoms with Crippen LogP contribution in [0.2, 0.25) is 25.7 Å². The van der Waals surface area contributed by atoms with E-state index in [4.69, 9.17) is 9.47 Å². The molecule has 0 bridgehead atoms. The van der Waals surface area contributed by atoms with Crippen LogP contribution >= 0.6 is 0 Å². The topological polar surface area (TPSA) is 52.6 Å². The summed E-state index contributed by atoms with van der Waals surface area (Å²) >= 11 is 0. The van der Waals surface area contributed by atoms with Gasteiger partial charge in [-0.15, -0.1) is 0 Å². The third kappa shape index (κ3) is 5.34. The average Bonchev–Trinajstić information content (AvgIpc) is 2.27. The second kappa shape index (κ2) is 7.67. The SMILES string of the molecule is CCCC(C[Si](C)(C)C)(C(=O)OCC)C(=O)OCC. The molecule has 0 spiro atoms. The molecule has 0 saturated carbocycles. The lowest BCUT2D eigenvalue weighted by atomic mass is 9.85. The van der Waals surface area contributed by atoms with Crippen molar-refractivity contribution in [2.75, 3.05) is 13.2 Å². The van der Waals surface area contributed by atoms with E-state index in [9.17, 15) is 9.59 Å². The first-order valence-corrected chi connectivity index (χ1v) is 10.8. The van der Waals surface area contributed by atoms with Crippen molar-refractivity contribution >= 4 is 20.0 Å². The summed E-state index contributed by atoms with van der Waals surface area (Å²) < 4.78 is 10.3. The lowest BCUT2D eigenvalue weighted by Gasteiger charge is -2.33. The quantitative estimate of drug-likeness (QED) is 0.391. The first kappa shape index (κ1) is 18.2. The van der Waals surface area contributed by atoms with E-state index in [1.54, 1.807) is 13.8 Å². The number of ether oxygens (including phenoxy) is 2. The lowest BCUT2D eigenvalue weighted by molar-refractivity contribution is -0.171. The molecular formula is C14H28O4Si. The van der Waals surface area contributed by atoms with Gasteiger partial charge in [-0.3, -0.25) is 9.59 Å². The van der Waals surface area contributed by atoms with E-state index in [0.717, 1.165) is 6.42 Å². The van der Waals surface area contributed by atoms with Crippen LogP contribution in [-0.2, 0) is 19.1 Å². The largest absolute Gasteiger partial charge is 0.465 e. The summed E-state index contributed by atoms with van der Waals surface area (Å²) in [6.45, 7) is 12.5. The molecule has 0 N–H and O–H groups in total. The van der Waals surface area contributed by atoms with Crippen molar-refractivity contribution in [3.05, 3.63) is 0 Å². The Bertz CT molecular complexity index is 289. The fraction of sp³-hybridized carbons (Fsp3) is 0.857. The van der Waals surface area contributed by atoms with Crippen LogP contribution in [0.3, 0.4) is 0 Å². The van der Waals surface area contributed by atoms with E-state index < -0.39 is 25.4 Å². The van der Waals surface area contributed by atoms with E-state index in [-0.39, 0.29) is 13.2 Å². The molecule has 0 aromatic rings. The van der Waals surface area contributed by atoms with Crippen molar-refractivity contribution in [3.8, 4) is 0 Å². The zero-order chi connectivity index (χ0) is 15.1. The van der Waals surface area contributed by atoms with Crippen molar-refractivity contribution < 1.29 is 19.1 Å². The molecule has 5 heteroatoms. The Labute approximate surface area is 117 Å². The molecule has 0 fully saturated rings. The fourth-order valence-corrected chi connectivity index (χ4v) is 4.67. The first-order valence-electron chi connectivity index (χ1n) is 7.08. The van der Waals surface area contributed by atoms with Gasteiger partial charge < -0.3 is 9.47 Å². The van der Waals surface area contributed by atoms with Gasteiger partial charge in [0, 0.05) is 8.07 Å². The Morgan fingerprint density at radius 1 is 0.947 bits per heavy atom. The molecular weight excluding hydrogens is 260 g/mol. The number of esters is 2. The molecule has 0 aromatic heterocycles. The molecule has 0 rings (SSSR count). The van der Waals surface area contributed by atoms with Crippen LogP contribution in [0.1, 0.15) is 33.6 Å². The van der Waals surface area contributed by atoms with Gasteiger partial charge in [0.1, 0.15) is 0 Å². The molecule has 0 radical (unpaired) electrons. The minimum Gasteiger partial charge on any atom is -0.465 e. The first-order chi connectivity index (χ1) is 8.73. The van der Waals surface area contributed by atoms with Gasteiger partial charge >= 0.3 is 11.9 Å². The monoisotopic (exact) mass is 288 g/mol. The second-order valence-corrected chi connectivity index (χ2v) is 11.5. The minimum atomic E-state index is -1.62. The van der Waals surface area contributed by atoms with E-state index in [1.165, 1.54) is 0 Å². The van der Waals surface area contributed by atoms with Crippen molar-refractivity contribution in [3.63, 3.8) is 0 Å². The molecule has 0 heterocycles. The highest BCUT2D eigenvalue weighted by Crippen LogP contribution is 2.37. The number of hydrogen-bond acceptors (Lipinski definition) is 4. The van der Waals surface area contributed by atoms with Crippen LogP contribution in [0.4, 0.5) is 0 Å². The van der Waals surface area contributed by atoms with Gasteiger partial charge in [0.15, 0.2) is 5.41 Å². The van der Waals surface area contributed by atoms with Crippen LogP contribution in [0, 0.1) is 5.41 Å². The summed E-state index contributed by atoms with van der Waals surface area (Å²) in [5.41, 5.74) is -1.11. The van der Waals surface area contributed by atoms with Gasteiger partial charge in [-0.05, 0) is 26.3 Å². The Morgan fingerprint density at radius 3 is 1.63 bits per heavy atom. The Hall–Kier alpha value is -0.843. The van der Waals surface area contributed by atoms with Crippen molar-refractivity contribution in [1.82, 2.24) is 0 Å². The summed E-state index contributed by atoms with van der Waals surface area (Å²) in [4.78, 5) is 24.7. The molecule has 0 aliphatic heterocycles. The zero-order valence-corrected chi connectivity index (χ0v) is 14.2. The van der Waals surface area contributed by atoms with Gasteiger partial charge in [0.2, 0.25) is 0 Å². The fourth-order valence-electron chi connectivity index (χ4n) is 2.39. The lowest BCUT2D eigenvalue weighted by Crippen LogP contribution is -2.46. The van der Waals surface area contributed by atoms with Crippen molar-refractivity contribution in [2.45, 2.75) is 59.3 Å². The number of carbonyl (C=O) groups excluding carboxylic acids is 2. The van der Waals surface area contributed by atoms with Crippen molar-refractivity contribution in [1.29, 1.82) is 0 Å². The Balaban J connectivity index is 5.45. The molecule has 4 nitrogen and oxygen atoms in total. The van der Waals surface area contributed by atoms with Crippen molar-refractivity contribution in [2.24, 2.45) is 5.41 Å². The summed E-state index contributed by atoms with van der Waals surface area (Å²) in [6.07, 6.45) is 1.25. The summed E-state index contributed by atoms with van der Waals surface area (Å²) in [6, 6.07) is 0.575. The molecule has 0 amide bonds. The molecule has 0 unspecified atom stereocenters. The summed E-state index contributed by atoms with van der Waals surface area (Å²) in [5.74, 6) is -0.838. The highest BCUT2D eigenvalue weighted by atomic mass is 28.3. The maximum absolute atomic E-state index is 12.3. The Kier molecular flexibility index (Phi) is 7.33. The Morgan fingerprint density at radius 2 is 1.37 bits per heavy atom. The molecule has 0 aliphatic carbocycles. The standard InChI is InChI=1S/C14H28O4Si/c1-7-10-14(11-19(4,5)6,12(15)17-8-2)13(16)18-9-3/h7-11H2,1-6H3. The maximum Gasteiger partial charge on any atom is 0.323 e. The number of rotatable bonds is 8. The molecule has 0 atom stereocenters. The van der Waals surface area contributed by atoms with Gasteiger partial charge in [0.25, 0.3) is 0 Å². The normalized spacial score (nSPS) is 12.1. The number of carbonyl (C=O) groups is 2. The van der Waals surface area contributed by atoms with Crippen LogP contribution in [0.15, 0.2) is 0 Å². The molecule has 112 valence electrons. The van der Waals surface area contributed by atoms with Gasteiger partial charge in [0.05, 0.1) is 13.2 Å². The highest BCUT2D eigenvalue weighted by molar-refractivity contribution is 6.76. The van der Waals surface area contributed by atoms with E-state index in [0.29, 0.717) is 12.5 Å². The predicted octanol–water partition coefficient (Wildman–Crippen LogP) is 3.24. The van der Waals surface area contributed by atoms with Gasteiger partial charge in [-0.2, -0.15) is 0 Å². The van der Waals surface area contributed by atoms with Crippen LogP contribution in [0.5, 0.6) is 0 Å². The predicted molar refractivity (Wildman–Crippen MR) is 78.8 cm³/mol. The smallest absolute Gasteiger partial charge is 0.323 e. The highest BCUT2D eigenvalue weighted by Gasteiger charge is 2.50. The molecule has 0 aliphatic rings. The molecule has 0 saturated heterocycles. The van der Waals surface area contributed by atoms with E-state index >= 15 is 0 Å². The molecule has 0 aromatic carbocycles. The summed E-state index contributed by atoms with van der Waals surface area (Å²) in [7, 11) is -1.62. The van der Waals surface area contributed by atoms with Crippen LogP contribution in [0.25, 0.3) is 0 Å². The van der Waals surface area contributed by atoms with Gasteiger partial charge in [-0.25, -0.2) is 0 Å². The second-order valence-electron chi connectivity index (χ2n) is 6.01. The molecule has 19 heavy (non-hydrogen) atoms. The van der Waals surface area contributed by atoms with E-state index in [1.807, 2.05) is 6.92 Å². The van der Waals surface area contributed by atoms with Gasteiger partial charge in [-0.1, -0.05) is 33.0 Å². The maximum atomic E-state index is 12.3. The summed E-state index contributed by atoms with van der Waals surface area (Å²) in [5, 5.41) is 0.